The molecule has 120 valence electrons. The molecule has 2 aromatic heterocycles. The largest absolute Gasteiger partial charge is 0.481 e. The van der Waals surface area contributed by atoms with Crippen molar-refractivity contribution in [2.75, 3.05) is 0 Å². The number of hydrogen-bond donors (Lipinski definition) is 3. The molecular weight excluding hydrogens is 318 g/mol. The van der Waals surface area contributed by atoms with Gasteiger partial charge in [0, 0.05) is 23.7 Å². The number of primary amides is 1. The summed E-state index contributed by atoms with van der Waals surface area (Å²) in [7, 11) is 0. The molecule has 0 saturated heterocycles. The summed E-state index contributed by atoms with van der Waals surface area (Å²) in [6.45, 7) is 0. The summed E-state index contributed by atoms with van der Waals surface area (Å²) in [5.74, 6) is -2.27. The van der Waals surface area contributed by atoms with Gasteiger partial charge in [-0.1, -0.05) is 0 Å². The van der Waals surface area contributed by atoms with E-state index in [1.54, 1.807) is 24.5 Å². The zero-order valence-corrected chi connectivity index (χ0v) is 12.9. The molecule has 0 fully saturated rings. The molecule has 0 bridgehead atoms. The number of nitrogens with one attached hydrogen (secondary N) is 1. The second kappa shape index (κ2) is 7.50. The van der Waals surface area contributed by atoms with Gasteiger partial charge >= 0.3 is 5.97 Å². The van der Waals surface area contributed by atoms with E-state index in [1.807, 2.05) is 12.1 Å². The van der Waals surface area contributed by atoms with E-state index in [9.17, 15) is 14.4 Å². The van der Waals surface area contributed by atoms with E-state index in [-0.39, 0.29) is 12.8 Å². The smallest absolute Gasteiger partial charge is 0.303 e. The molecule has 0 unspecified atom stereocenters. The highest BCUT2D eigenvalue weighted by molar-refractivity contribution is 7.17. The number of hydrogen-bond acceptors (Lipinski definition) is 5. The maximum Gasteiger partial charge on any atom is 0.303 e. The van der Waals surface area contributed by atoms with Gasteiger partial charge < -0.3 is 16.2 Å². The van der Waals surface area contributed by atoms with Crippen LogP contribution in [0.2, 0.25) is 0 Å². The minimum Gasteiger partial charge on any atom is -0.481 e. The number of carbonyl (C=O) groups excluding carboxylic acids is 2. The molecule has 0 aliphatic heterocycles. The minimum absolute atomic E-state index is 0.0427. The number of carboxylic acids is 1. The second-order valence-corrected chi connectivity index (χ2v) is 5.84. The maximum absolute atomic E-state index is 12.2. The lowest BCUT2D eigenvalue weighted by Gasteiger charge is -2.13. The van der Waals surface area contributed by atoms with Crippen LogP contribution in [-0.4, -0.2) is 33.9 Å². The Bertz CT molecular complexity index is 715. The molecule has 0 aromatic carbocycles. The number of nitrogens with two attached hydrogens (primary N) is 1. The standard InChI is InChI=1S/C15H15N3O4S/c16-14(21)10(1-4-13(19)20)18-15(22)12-3-2-11(23-12)9-5-7-17-8-6-9/h2-3,5-8,10H,1,4H2,(H2,16,21)(H,18,22)(H,19,20)/t10-/m0/s1. The normalized spacial score (nSPS) is 11.7. The number of carboxylic acid groups (broad SMARTS) is 1. The van der Waals surface area contributed by atoms with Gasteiger partial charge in [-0.3, -0.25) is 19.4 Å². The molecule has 0 saturated carbocycles. The van der Waals surface area contributed by atoms with E-state index in [2.05, 4.69) is 10.3 Å². The lowest BCUT2D eigenvalue weighted by molar-refractivity contribution is -0.137. The molecule has 2 heterocycles. The highest BCUT2D eigenvalue weighted by Gasteiger charge is 2.21. The number of amides is 2. The summed E-state index contributed by atoms with van der Waals surface area (Å²) in [4.78, 5) is 39.3. The van der Waals surface area contributed by atoms with E-state index in [4.69, 9.17) is 10.8 Å². The fourth-order valence-electron chi connectivity index (χ4n) is 1.91. The topological polar surface area (TPSA) is 122 Å². The predicted octanol–water partition coefficient (Wildman–Crippen LogP) is 1.26. The molecule has 2 rings (SSSR count). The summed E-state index contributed by atoms with van der Waals surface area (Å²) in [6.07, 6.45) is 3.02. The van der Waals surface area contributed by atoms with Crippen molar-refractivity contribution in [1.29, 1.82) is 0 Å². The first kappa shape index (κ1) is 16.6. The Balaban J connectivity index is 2.06. The minimum atomic E-state index is -1.05. The van der Waals surface area contributed by atoms with E-state index in [1.165, 1.54) is 11.3 Å². The molecule has 1 atom stereocenters. The number of aromatic nitrogens is 1. The van der Waals surface area contributed by atoms with E-state index >= 15 is 0 Å². The van der Waals surface area contributed by atoms with E-state index in [0.29, 0.717) is 4.88 Å². The van der Waals surface area contributed by atoms with Gasteiger partial charge in [0.25, 0.3) is 5.91 Å². The van der Waals surface area contributed by atoms with E-state index in [0.717, 1.165) is 10.4 Å². The van der Waals surface area contributed by atoms with Crippen LogP contribution in [0.5, 0.6) is 0 Å². The molecule has 4 N–H and O–H groups in total. The summed E-state index contributed by atoms with van der Waals surface area (Å²) < 4.78 is 0. The van der Waals surface area contributed by atoms with Crippen molar-refractivity contribution >= 4 is 29.1 Å². The zero-order chi connectivity index (χ0) is 16.8. The Kier molecular flexibility index (Phi) is 5.42. The SMILES string of the molecule is NC(=O)[C@H](CCC(=O)O)NC(=O)c1ccc(-c2ccncc2)s1. The first-order valence-corrected chi connectivity index (χ1v) is 7.61. The molecule has 0 spiro atoms. The fourth-order valence-corrected chi connectivity index (χ4v) is 2.83. The van der Waals surface area contributed by atoms with Crippen molar-refractivity contribution in [3.63, 3.8) is 0 Å². The van der Waals surface area contributed by atoms with Crippen LogP contribution in [0.25, 0.3) is 10.4 Å². The third-order valence-corrected chi connectivity index (χ3v) is 4.22. The van der Waals surface area contributed by atoms with Crippen molar-refractivity contribution < 1.29 is 19.5 Å². The van der Waals surface area contributed by atoms with Gasteiger partial charge in [0.1, 0.15) is 6.04 Å². The Morgan fingerprint density at radius 3 is 2.52 bits per heavy atom. The number of carbonyl (C=O) groups is 3. The molecule has 2 aromatic rings. The molecule has 0 aliphatic carbocycles. The Labute approximate surface area is 136 Å². The van der Waals surface area contributed by atoms with Crippen LogP contribution in [0.3, 0.4) is 0 Å². The summed E-state index contributed by atoms with van der Waals surface area (Å²) >= 11 is 1.26. The number of nitrogens with zero attached hydrogens (tertiary/aromatic N) is 1. The lowest BCUT2D eigenvalue weighted by Crippen LogP contribution is -2.44. The first-order valence-electron chi connectivity index (χ1n) is 6.79. The van der Waals surface area contributed by atoms with Crippen molar-refractivity contribution in [1.82, 2.24) is 10.3 Å². The molecule has 23 heavy (non-hydrogen) atoms. The Hall–Kier alpha value is -2.74. The highest BCUT2D eigenvalue weighted by atomic mass is 32.1. The lowest BCUT2D eigenvalue weighted by atomic mass is 10.1. The van der Waals surface area contributed by atoms with Crippen molar-refractivity contribution in [3.05, 3.63) is 41.5 Å². The molecule has 0 aliphatic rings. The quantitative estimate of drug-likeness (QED) is 0.704. The zero-order valence-electron chi connectivity index (χ0n) is 12.1. The average molecular weight is 333 g/mol. The maximum atomic E-state index is 12.2. The van der Waals surface area contributed by atoms with Gasteiger partial charge in [-0.15, -0.1) is 11.3 Å². The van der Waals surface area contributed by atoms with Crippen molar-refractivity contribution in [2.45, 2.75) is 18.9 Å². The van der Waals surface area contributed by atoms with Crippen LogP contribution in [0.15, 0.2) is 36.7 Å². The third kappa shape index (κ3) is 4.62. The van der Waals surface area contributed by atoms with Crippen LogP contribution in [0.1, 0.15) is 22.5 Å². The Morgan fingerprint density at radius 1 is 1.22 bits per heavy atom. The summed E-state index contributed by atoms with van der Waals surface area (Å²) in [5, 5.41) is 11.1. The molecule has 0 radical (unpaired) electrons. The average Bonchev–Trinajstić information content (AvgIpc) is 3.01. The summed E-state index contributed by atoms with van der Waals surface area (Å²) in [6, 6.07) is 6.08. The van der Waals surface area contributed by atoms with Crippen molar-refractivity contribution in [3.8, 4) is 10.4 Å². The van der Waals surface area contributed by atoms with Crippen LogP contribution in [0.4, 0.5) is 0 Å². The van der Waals surface area contributed by atoms with Crippen LogP contribution in [-0.2, 0) is 9.59 Å². The Morgan fingerprint density at radius 2 is 1.91 bits per heavy atom. The number of aliphatic carboxylic acids is 1. The summed E-state index contributed by atoms with van der Waals surface area (Å²) in [5.41, 5.74) is 6.13. The first-order chi connectivity index (χ1) is 11.0. The van der Waals surface area contributed by atoms with Gasteiger partial charge in [-0.05, 0) is 36.2 Å². The van der Waals surface area contributed by atoms with Gasteiger partial charge in [-0.2, -0.15) is 0 Å². The molecular formula is C15H15N3O4S. The number of rotatable bonds is 7. The number of thiophene rings is 1. The molecule has 2 amide bonds. The molecule has 8 heteroatoms. The molecule has 7 nitrogen and oxygen atoms in total. The third-order valence-electron chi connectivity index (χ3n) is 3.09. The van der Waals surface area contributed by atoms with Crippen LogP contribution < -0.4 is 11.1 Å². The second-order valence-electron chi connectivity index (χ2n) is 4.76. The van der Waals surface area contributed by atoms with Gasteiger partial charge in [0.2, 0.25) is 5.91 Å². The monoisotopic (exact) mass is 333 g/mol. The van der Waals surface area contributed by atoms with Gasteiger partial charge in [0.05, 0.1) is 4.88 Å². The van der Waals surface area contributed by atoms with Crippen LogP contribution >= 0.6 is 11.3 Å². The van der Waals surface area contributed by atoms with E-state index < -0.39 is 23.8 Å². The fraction of sp³-hybridized carbons (Fsp3) is 0.200. The number of pyridine rings is 1. The van der Waals surface area contributed by atoms with Crippen LogP contribution in [0, 0.1) is 0 Å². The highest BCUT2D eigenvalue weighted by Crippen LogP contribution is 2.27. The van der Waals surface area contributed by atoms with Gasteiger partial charge in [-0.25, -0.2) is 0 Å². The predicted molar refractivity (Wildman–Crippen MR) is 84.9 cm³/mol. The van der Waals surface area contributed by atoms with Crippen molar-refractivity contribution in [2.24, 2.45) is 5.73 Å². The van der Waals surface area contributed by atoms with Gasteiger partial charge in [0.15, 0.2) is 0 Å².